The van der Waals surface area contributed by atoms with Crippen LogP contribution in [0.15, 0.2) is 24.3 Å². The van der Waals surface area contributed by atoms with Crippen molar-refractivity contribution in [2.24, 2.45) is 5.73 Å². The minimum absolute atomic E-state index is 0.299. The van der Waals surface area contributed by atoms with E-state index in [9.17, 15) is 0 Å². The van der Waals surface area contributed by atoms with Crippen molar-refractivity contribution in [1.29, 1.82) is 0 Å². The minimum atomic E-state index is 0.299. The fourth-order valence-electron chi connectivity index (χ4n) is 3.66. The van der Waals surface area contributed by atoms with Crippen LogP contribution in [0.2, 0.25) is 0 Å². The molecule has 1 saturated carbocycles. The number of rotatable bonds is 3. The molecule has 3 rings (SSSR count). The van der Waals surface area contributed by atoms with E-state index in [1.54, 1.807) is 0 Å². The third-order valence-electron chi connectivity index (χ3n) is 4.79. The van der Waals surface area contributed by atoms with Crippen LogP contribution in [0.25, 0.3) is 0 Å². The molecule has 1 aromatic carbocycles. The third-order valence-corrected chi connectivity index (χ3v) is 4.79. The molecule has 0 aromatic heterocycles. The maximum absolute atomic E-state index is 5.97. The SMILES string of the molecule is CC1CN(c2ccc(NC3CCC(N)CC3)cc2)CC(C)O1. The van der Waals surface area contributed by atoms with Crippen LogP contribution in [0.3, 0.4) is 0 Å². The summed E-state index contributed by atoms with van der Waals surface area (Å²) >= 11 is 0. The molecule has 3 N–H and O–H groups in total. The normalized spacial score (nSPS) is 32.8. The molecule has 0 bridgehead atoms. The lowest BCUT2D eigenvalue weighted by Crippen LogP contribution is -2.45. The van der Waals surface area contributed by atoms with Crippen LogP contribution in [0, 0.1) is 0 Å². The molecule has 2 fully saturated rings. The molecule has 122 valence electrons. The van der Waals surface area contributed by atoms with Crippen LogP contribution >= 0.6 is 0 Å². The Balaban J connectivity index is 1.58. The number of nitrogens with zero attached hydrogens (tertiary/aromatic N) is 1. The Morgan fingerprint density at radius 3 is 2.18 bits per heavy atom. The third kappa shape index (κ3) is 3.93. The van der Waals surface area contributed by atoms with Gasteiger partial charge in [0.1, 0.15) is 0 Å². The Morgan fingerprint density at radius 1 is 1.00 bits per heavy atom. The predicted molar refractivity (Wildman–Crippen MR) is 92.5 cm³/mol. The van der Waals surface area contributed by atoms with Crippen LogP contribution in [0.5, 0.6) is 0 Å². The second-order valence-corrected chi connectivity index (χ2v) is 6.97. The van der Waals surface area contributed by atoms with Crippen molar-refractivity contribution >= 4 is 11.4 Å². The molecular formula is C18H29N3O. The molecule has 4 heteroatoms. The minimum Gasteiger partial charge on any atom is -0.382 e. The van der Waals surface area contributed by atoms with Crippen molar-refractivity contribution < 1.29 is 4.74 Å². The summed E-state index contributed by atoms with van der Waals surface area (Å²) in [6.45, 7) is 6.23. The number of anilines is 2. The topological polar surface area (TPSA) is 50.5 Å². The lowest BCUT2D eigenvalue weighted by atomic mass is 9.91. The lowest BCUT2D eigenvalue weighted by Gasteiger charge is -2.37. The molecule has 2 atom stereocenters. The number of benzene rings is 1. The van der Waals surface area contributed by atoms with Gasteiger partial charge < -0.3 is 20.7 Å². The molecule has 1 heterocycles. The van der Waals surface area contributed by atoms with E-state index >= 15 is 0 Å². The quantitative estimate of drug-likeness (QED) is 0.901. The van der Waals surface area contributed by atoms with E-state index in [1.165, 1.54) is 24.2 Å². The lowest BCUT2D eigenvalue weighted by molar-refractivity contribution is -0.00521. The van der Waals surface area contributed by atoms with Crippen molar-refractivity contribution in [3.8, 4) is 0 Å². The smallest absolute Gasteiger partial charge is 0.0726 e. The van der Waals surface area contributed by atoms with Gasteiger partial charge in [-0.05, 0) is 63.8 Å². The molecule has 22 heavy (non-hydrogen) atoms. The Labute approximate surface area is 134 Å². The molecule has 0 spiro atoms. The molecule has 1 aliphatic carbocycles. The number of ether oxygens (including phenoxy) is 1. The maximum Gasteiger partial charge on any atom is 0.0726 e. The van der Waals surface area contributed by atoms with Crippen molar-refractivity contribution in [3.63, 3.8) is 0 Å². The molecule has 0 amide bonds. The Hall–Kier alpha value is -1.26. The highest BCUT2D eigenvalue weighted by molar-refractivity contribution is 5.55. The second-order valence-electron chi connectivity index (χ2n) is 6.97. The molecule has 2 aliphatic rings. The van der Waals surface area contributed by atoms with Gasteiger partial charge in [-0.3, -0.25) is 0 Å². The van der Waals surface area contributed by atoms with Crippen LogP contribution in [0.4, 0.5) is 11.4 Å². The van der Waals surface area contributed by atoms with Gasteiger partial charge in [-0.15, -0.1) is 0 Å². The average molecular weight is 303 g/mol. The van der Waals surface area contributed by atoms with Gasteiger partial charge in [-0.1, -0.05) is 0 Å². The van der Waals surface area contributed by atoms with Crippen LogP contribution in [0.1, 0.15) is 39.5 Å². The van der Waals surface area contributed by atoms with Crippen molar-refractivity contribution in [2.45, 2.75) is 63.8 Å². The first-order chi connectivity index (χ1) is 10.6. The first kappa shape index (κ1) is 15.6. The van der Waals surface area contributed by atoms with E-state index < -0.39 is 0 Å². The first-order valence-electron chi connectivity index (χ1n) is 8.63. The van der Waals surface area contributed by atoms with Gasteiger partial charge in [-0.2, -0.15) is 0 Å². The zero-order chi connectivity index (χ0) is 15.5. The average Bonchev–Trinajstić information content (AvgIpc) is 2.49. The van der Waals surface area contributed by atoms with E-state index in [0.29, 0.717) is 24.3 Å². The number of nitrogens with two attached hydrogens (primary N) is 1. The van der Waals surface area contributed by atoms with E-state index in [2.05, 4.69) is 48.3 Å². The monoisotopic (exact) mass is 303 g/mol. The van der Waals surface area contributed by atoms with Crippen LogP contribution in [-0.2, 0) is 4.74 Å². The number of nitrogens with one attached hydrogen (secondary N) is 1. The maximum atomic E-state index is 5.97. The summed E-state index contributed by atoms with van der Waals surface area (Å²) in [5, 5.41) is 3.65. The van der Waals surface area contributed by atoms with E-state index in [1.807, 2.05) is 0 Å². The second kappa shape index (κ2) is 6.88. The fraction of sp³-hybridized carbons (Fsp3) is 0.667. The Kier molecular flexibility index (Phi) is 4.89. The Morgan fingerprint density at radius 2 is 1.59 bits per heavy atom. The van der Waals surface area contributed by atoms with Crippen molar-refractivity contribution in [2.75, 3.05) is 23.3 Å². The van der Waals surface area contributed by atoms with E-state index in [4.69, 9.17) is 10.5 Å². The zero-order valence-corrected chi connectivity index (χ0v) is 13.8. The van der Waals surface area contributed by atoms with Crippen molar-refractivity contribution in [1.82, 2.24) is 0 Å². The highest BCUT2D eigenvalue weighted by atomic mass is 16.5. The van der Waals surface area contributed by atoms with Gasteiger partial charge in [0.15, 0.2) is 0 Å². The summed E-state index contributed by atoms with van der Waals surface area (Å²) in [5.74, 6) is 0. The Bertz CT molecular complexity index is 458. The largest absolute Gasteiger partial charge is 0.382 e. The van der Waals surface area contributed by atoms with Crippen molar-refractivity contribution in [3.05, 3.63) is 24.3 Å². The van der Waals surface area contributed by atoms with Gasteiger partial charge in [0.05, 0.1) is 12.2 Å². The highest BCUT2D eigenvalue weighted by Gasteiger charge is 2.22. The zero-order valence-electron chi connectivity index (χ0n) is 13.8. The molecule has 1 saturated heterocycles. The number of hydrogen-bond acceptors (Lipinski definition) is 4. The summed E-state index contributed by atoms with van der Waals surface area (Å²) in [4.78, 5) is 2.42. The summed E-state index contributed by atoms with van der Waals surface area (Å²) in [6.07, 6.45) is 5.24. The van der Waals surface area contributed by atoms with E-state index in [0.717, 1.165) is 25.9 Å². The first-order valence-corrected chi connectivity index (χ1v) is 8.63. The van der Waals surface area contributed by atoms with Gasteiger partial charge in [0.25, 0.3) is 0 Å². The predicted octanol–water partition coefficient (Wildman–Crippen LogP) is 2.98. The van der Waals surface area contributed by atoms with Crippen LogP contribution in [-0.4, -0.2) is 37.4 Å². The summed E-state index contributed by atoms with van der Waals surface area (Å²) in [7, 11) is 0. The van der Waals surface area contributed by atoms with Gasteiger partial charge in [-0.25, -0.2) is 0 Å². The molecule has 4 nitrogen and oxygen atoms in total. The standard InChI is InChI=1S/C18H29N3O/c1-13-11-21(12-14(2)22-13)18-9-7-17(8-10-18)20-16-5-3-15(19)4-6-16/h7-10,13-16,20H,3-6,11-12,19H2,1-2H3. The van der Waals surface area contributed by atoms with E-state index in [-0.39, 0.29) is 0 Å². The van der Waals surface area contributed by atoms with Gasteiger partial charge >= 0.3 is 0 Å². The fourth-order valence-corrected chi connectivity index (χ4v) is 3.66. The number of morpholine rings is 1. The molecular weight excluding hydrogens is 274 g/mol. The van der Waals surface area contributed by atoms with Crippen LogP contribution < -0.4 is 16.0 Å². The molecule has 1 aromatic rings. The summed E-state index contributed by atoms with van der Waals surface area (Å²) in [5.41, 5.74) is 8.48. The van der Waals surface area contributed by atoms with Gasteiger partial charge in [0, 0.05) is 36.5 Å². The van der Waals surface area contributed by atoms with Gasteiger partial charge in [0.2, 0.25) is 0 Å². The highest BCUT2D eigenvalue weighted by Crippen LogP contribution is 2.25. The molecule has 2 unspecified atom stereocenters. The summed E-state index contributed by atoms with van der Waals surface area (Å²) < 4.78 is 5.81. The molecule has 1 aliphatic heterocycles. The number of hydrogen-bond donors (Lipinski definition) is 2. The summed E-state index contributed by atoms with van der Waals surface area (Å²) in [6, 6.07) is 9.84. The molecule has 0 radical (unpaired) electrons.